The molecule has 0 saturated heterocycles. The molecule has 0 aliphatic heterocycles. The van der Waals surface area contributed by atoms with Crippen LogP contribution in [0.1, 0.15) is 27.6 Å². The molecule has 0 unspecified atom stereocenters. The van der Waals surface area contributed by atoms with Gasteiger partial charge < -0.3 is 29.2 Å². The maximum absolute atomic E-state index is 10.9. The largest absolute Gasteiger partial charge is 0.478 e. The van der Waals surface area contributed by atoms with Crippen molar-refractivity contribution in [3.8, 4) is 11.5 Å². The first kappa shape index (κ1) is 21.2. The van der Waals surface area contributed by atoms with Crippen LogP contribution in [0.25, 0.3) is 0 Å². The Labute approximate surface area is 162 Å². The summed E-state index contributed by atoms with van der Waals surface area (Å²) in [6, 6.07) is 11.8. The van der Waals surface area contributed by atoms with E-state index >= 15 is 0 Å². The zero-order valence-corrected chi connectivity index (χ0v) is 15.4. The van der Waals surface area contributed by atoms with Gasteiger partial charge in [0.1, 0.15) is 18.1 Å². The Bertz CT molecular complexity index is 695. The number of rotatable bonds is 12. The van der Waals surface area contributed by atoms with Gasteiger partial charge in [0, 0.05) is 6.61 Å². The van der Waals surface area contributed by atoms with Gasteiger partial charge in [-0.2, -0.15) is 0 Å². The minimum absolute atomic E-state index is 0.0917. The van der Waals surface area contributed by atoms with Crippen molar-refractivity contribution in [2.75, 3.05) is 26.4 Å². The van der Waals surface area contributed by atoms with Crippen LogP contribution in [0.2, 0.25) is 0 Å². The third-order valence-corrected chi connectivity index (χ3v) is 3.57. The zero-order valence-electron chi connectivity index (χ0n) is 15.4. The third kappa shape index (κ3) is 6.90. The Morgan fingerprint density at radius 1 is 0.786 bits per heavy atom. The van der Waals surface area contributed by atoms with E-state index in [4.69, 9.17) is 29.2 Å². The standard InChI is InChI=1S/C20H22O8/c1-2-25-11-12-26-13-18(27-16-7-3-14(4-8-16)19(21)22)28-17-9-5-15(6-10-17)20(23)24/h3-10,18H,2,11-13H2,1H3,(H,21,22)(H,23,24). The molecular formula is C20H22O8. The number of carboxylic acid groups (broad SMARTS) is 2. The Balaban J connectivity index is 2.02. The van der Waals surface area contributed by atoms with Crippen molar-refractivity contribution in [1.82, 2.24) is 0 Å². The number of ether oxygens (including phenoxy) is 4. The van der Waals surface area contributed by atoms with Crippen LogP contribution in [0.15, 0.2) is 48.5 Å². The topological polar surface area (TPSA) is 112 Å². The second-order valence-corrected chi connectivity index (χ2v) is 5.60. The van der Waals surface area contributed by atoms with E-state index in [1.165, 1.54) is 48.5 Å². The highest BCUT2D eigenvalue weighted by atomic mass is 16.7. The summed E-state index contributed by atoms with van der Waals surface area (Å²) in [5, 5.41) is 17.9. The summed E-state index contributed by atoms with van der Waals surface area (Å²) in [6.07, 6.45) is -0.826. The molecule has 2 aromatic rings. The fourth-order valence-corrected chi connectivity index (χ4v) is 2.19. The van der Waals surface area contributed by atoms with E-state index in [2.05, 4.69) is 0 Å². The monoisotopic (exact) mass is 390 g/mol. The highest BCUT2D eigenvalue weighted by Crippen LogP contribution is 2.18. The van der Waals surface area contributed by atoms with Crippen LogP contribution in [0.3, 0.4) is 0 Å². The molecule has 0 saturated carbocycles. The molecule has 2 rings (SSSR count). The number of hydrogen-bond acceptors (Lipinski definition) is 6. The van der Waals surface area contributed by atoms with Crippen molar-refractivity contribution in [2.45, 2.75) is 13.2 Å². The van der Waals surface area contributed by atoms with Crippen molar-refractivity contribution in [2.24, 2.45) is 0 Å². The van der Waals surface area contributed by atoms with Gasteiger partial charge >= 0.3 is 11.9 Å². The molecule has 0 heterocycles. The van der Waals surface area contributed by atoms with E-state index < -0.39 is 18.2 Å². The SMILES string of the molecule is CCOCCOCC(Oc1ccc(C(=O)O)cc1)Oc1ccc(C(=O)O)cc1. The molecule has 8 nitrogen and oxygen atoms in total. The second kappa shape index (κ2) is 10.9. The van der Waals surface area contributed by atoms with Crippen molar-refractivity contribution in [3.05, 3.63) is 59.7 Å². The van der Waals surface area contributed by atoms with Crippen molar-refractivity contribution in [3.63, 3.8) is 0 Å². The van der Waals surface area contributed by atoms with Gasteiger partial charge in [-0.3, -0.25) is 0 Å². The van der Waals surface area contributed by atoms with Crippen molar-refractivity contribution < 1.29 is 38.7 Å². The number of carbonyl (C=O) groups is 2. The van der Waals surface area contributed by atoms with Crippen LogP contribution in [0, 0.1) is 0 Å². The molecular weight excluding hydrogens is 368 g/mol. The second-order valence-electron chi connectivity index (χ2n) is 5.60. The van der Waals surface area contributed by atoms with Crippen LogP contribution in [-0.2, 0) is 9.47 Å². The molecule has 0 aliphatic rings. The lowest BCUT2D eigenvalue weighted by molar-refractivity contribution is -0.0684. The van der Waals surface area contributed by atoms with Gasteiger partial charge in [0.15, 0.2) is 0 Å². The minimum Gasteiger partial charge on any atom is -0.478 e. The normalized spacial score (nSPS) is 10.6. The van der Waals surface area contributed by atoms with E-state index in [0.717, 1.165) is 0 Å². The lowest BCUT2D eigenvalue weighted by Crippen LogP contribution is -2.30. The third-order valence-electron chi connectivity index (χ3n) is 3.57. The summed E-state index contributed by atoms with van der Waals surface area (Å²) < 4.78 is 22.2. The van der Waals surface area contributed by atoms with E-state index in [-0.39, 0.29) is 17.7 Å². The summed E-state index contributed by atoms with van der Waals surface area (Å²) in [5.41, 5.74) is 0.282. The van der Waals surface area contributed by atoms with Crippen LogP contribution in [-0.4, -0.2) is 54.9 Å². The maximum Gasteiger partial charge on any atom is 0.335 e. The van der Waals surface area contributed by atoms with Gasteiger partial charge in [0.2, 0.25) is 0 Å². The number of aromatic carboxylic acids is 2. The molecule has 0 radical (unpaired) electrons. The van der Waals surface area contributed by atoms with Crippen LogP contribution in [0.4, 0.5) is 0 Å². The fraction of sp³-hybridized carbons (Fsp3) is 0.300. The Hall–Kier alpha value is -3.10. The molecule has 2 aromatic carbocycles. The first-order chi connectivity index (χ1) is 13.5. The van der Waals surface area contributed by atoms with E-state index in [1.54, 1.807) is 0 Å². The van der Waals surface area contributed by atoms with Gasteiger partial charge in [0.25, 0.3) is 6.29 Å². The first-order valence-electron chi connectivity index (χ1n) is 8.65. The number of hydrogen-bond donors (Lipinski definition) is 2. The van der Waals surface area contributed by atoms with E-state index in [9.17, 15) is 9.59 Å². The van der Waals surface area contributed by atoms with Gasteiger partial charge in [-0.05, 0) is 55.5 Å². The van der Waals surface area contributed by atoms with Gasteiger partial charge in [-0.25, -0.2) is 9.59 Å². The van der Waals surface area contributed by atoms with Crippen LogP contribution < -0.4 is 9.47 Å². The molecule has 0 atom stereocenters. The summed E-state index contributed by atoms with van der Waals surface area (Å²) in [5.74, 6) is -1.25. The van der Waals surface area contributed by atoms with Gasteiger partial charge in [-0.15, -0.1) is 0 Å². The van der Waals surface area contributed by atoms with Crippen molar-refractivity contribution in [1.29, 1.82) is 0 Å². The lowest BCUT2D eigenvalue weighted by Gasteiger charge is -2.21. The van der Waals surface area contributed by atoms with E-state index in [0.29, 0.717) is 31.3 Å². The fourth-order valence-electron chi connectivity index (χ4n) is 2.19. The molecule has 0 bridgehead atoms. The van der Waals surface area contributed by atoms with Crippen molar-refractivity contribution >= 4 is 11.9 Å². The molecule has 8 heteroatoms. The molecule has 2 N–H and O–H groups in total. The Kier molecular flexibility index (Phi) is 8.26. The smallest absolute Gasteiger partial charge is 0.335 e. The first-order valence-corrected chi connectivity index (χ1v) is 8.65. The van der Waals surface area contributed by atoms with Gasteiger partial charge in [0.05, 0.1) is 24.3 Å². The molecule has 150 valence electrons. The summed E-state index contributed by atoms with van der Waals surface area (Å²) in [4.78, 5) is 21.9. The summed E-state index contributed by atoms with van der Waals surface area (Å²) >= 11 is 0. The quantitative estimate of drug-likeness (QED) is 0.420. The number of carboxylic acids is 2. The predicted octanol–water partition coefficient (Wildman–Crippen LogP) is 2.92. The Morgan fingerprint density at radius 3 is 1.61 bits per heavy atom. The van der Waals surface area contributed by atoms with Gasteiger partial charge in [-0.1, -0.05) is 0 Å². The maximum atomic E-state index is 10.9. The van der Waals surface area contributed by atoms with Crippen LogP contribution >= 0.6 is 0 Å². The number of benzene rings is 2. The summed E-state index contributed by atoms with van der Waals surface area (Å²) in [7, 11) is 0. The van der Waals surface area contributed by atoms with Crippen LogP contribution in [0.5, 0.6) is 11.5 Å². The Morgan fingerprint density at radius 2 is 1.21 bits per heavy atom. The minimum atomic E-state index is -1.03. The average molecular weight is 390 g/mol. The molecule has 0 amide bonds. The zero-order chi connectivity index (χ0) is 20.4. The highest BCUT2D eigenvalue weighted by molar-refractivity contribution is 5.88. The average Bonchev–Trinajstić information content (AvgIpc) is 2.68. The van der Waals surface area contributed by atoms with E-state index in [1.807, 2.05) is 6.92 Å². The molecule has 0 fully saturated rings. The molecule has 0 aromatic heterocycles. The molecule has 0 spiro atoms. The molecule has 0 aliphatic carbocycles. The highest BCUT2D eigenvalue weighted by Gasteiger charge is 2.14. The molecule has 28 heavy (non-hydrogen) atoms. The lowest BCUT2D eigenvalue weighted by atomic mass is 10.2. The summed E-state index contributed by atoms with van der Waals surface area (Å²) in [6.45, 7) is 3.35. The predicted molar refractivity (Wildman–Crippen MR) is 99.2 cm³/mol.